The first-order valence-corrected chi connectivity index (χ1v) is 11.4. The van der Waals surface area contributed by atoms with Gasteiger partial charge >= 0.3 is 6.03 Å². The number of amides is 3. The van der Waals surface area contributed by atoms with E-state index in [1.165, 1.54) is 25.0 Å². The van der Waals surface area contributed by atoms with Crippen LogP contribution in [0.2, 0.25) is 0 Å². The summed E-state index contributed by atoms with van der Waals surface area (Å²) < 4.78 is 0. The Balaban J connectivity index is 1.37. The van der Waals surface area contributed by atoms with Crippen LogP contribution in [0.4, 0.5) is 10.5 Å². The fourth-order valence-electron chi connectivity index (χ4n) is 4.97. The molecule has 2 aliphatic heterocycles. The van der Waals surface area contributed by atoms with Crippen LogP contribution >= 0.6 is 0 Å². The van der Waals surface area contributed by atoms with Crippen LogP contribution in [0.3, 0.4) is 0 Å². The first kappa shape index (κ1) is 20.8. The monoisotopic (exact) mass is 410 g/mol. The Bertz CT molecular complexity index is 802. The summed E-state index contributed by atoms with van der Waals surface area (Å²) in [6, 6.07) is 8.17. The van der Waals surface area contributed by atoms with E-state index < -0.39 is 0 Å². The number of nitrogens with one attached hydrogen (secondary N) is 2. The Morgan fingerprint density at radius 1 is 1.03 bits per heavy atom. The predicted molar refractivity (Wildman–Crippen MR) is 120 cm³/mol. The molecule has 0 radical (unpaired) electrons. The number of allylic oxidation sites excluding steroid dienone is 2. The van der Waals surface area contributed by atoms with Gasteiger partial charge in [-0.15, -0.1) is 0 Å². The van der Waals surface area contributed by atoms with Crippen LogP contribution in [0.25, 0.3) is 0 Å². The lowest BCUT2D eigenvalue weighted by atomic mass is 9.84. The largest absolute Gasteiger partial charge is 0.369 e. The van der Waals surface area contributed by atoms with Gasteiger partial charge in [0.1, 0.15) is 0 Å². The second-order valence-electron chi connectivity index (χ2n) is 9.11. The molecule has 3 aliphatic rings. The van der Waals surface area contributed by atoms with Crippen molar-refractivity contribution in [2.75, 3.05) is 24.5 Å². The van der Waals surface area contributed by atoms with Crippen molar-refractivity contribution in [2.24, 2.45) is 5.92 Å². The molecule has 30 heavy (non-hydrogen) atoms. The highest BCUT2D eigenvalue weighted by Gasteiger charge is 2.31. The summed E-state index contributed by atoms with van der Waals surface area (Å²) in [5.74, 6) is 0.698. The minimum absolute atomic E-state index is 0.102. The number of hydrogen-bond donors (Lipinski definition) is 2. The molecule has 162 valence electrons. The van der Waals surface area contributed by atoms with E-state index in [-0.39, 0.29) is 24.0 Å². The van der Waals surface area contributed by atoms with Crippen molar-refractivity contribution < 1.29 is 9.59 Å². The molecule has 6 nitrogen and oxygen atoms in total. The molecule has 1 unspecified atom stereocenters. The Morgan fingerprint density at radius 2 is 1.80 bits per heavy atom. The molecule has 2 N–H and O–H groups in total. The van der Waals surface area contributed by atoms with Gasteiger partial charge in [-0.25, -0.2) is 4.79 Å². The molecular weight excluding hydrogens is 376 g/mol. The zero-order chi connectivity index (χ0) is 21.1. The van der Waals surface area contributed by atoms with Crippen LogP contribution < -0.4 is 15.5 Å². The molecule has 1 aromatic rings. The number of rotatable bonds is 4. The zero-order valence-electron chi connectivity index (χ0n) is 18.2. The zero-order valence-corrected chi connectivity index (χ0v) is 18.2. The van der Waals surface area contributed by atoms with E-state index in [0.29, 0.717) is 5.92 Å². The average molecular weight is 411 g/mol. The van der Waals surface area contributed by atoms with Gasteiger partial charge in [-0.05, 0) is 82.6 Å². The van der Waals surface area contributed by atoms with E-state index in [9.17, 15) is 9.59 Å². The number of fused-ring (bicyclic) bond motifs is 1. The molecule has 0 aromatic heterocycles. The molecule has 2 saturated heterocycles. The summed E-state index contributed by atoms with van der Waals surface area (Å²) in [5, 5.41) is 5.93. The lowest BCUT2D eigenvalue weighted by Gasteiger charge is -2.38. The van der Waals surface area contributed by atoms with Crippen molar-refractivity contribution in [1.82, 2.24) is 15.5 Å². The number of hydrogen-bond acceptors (Lipinski definition) is 3. The Kier molecular flexibility index (Phi) is 6.30. The van der Waals surface area contributed by atoms with Gasteiger partial charge < -0.3 is 20.4 Å². The third-order valence-corrected chi connectivity index (χ3v) is 6.44. The first-order valence-electron chi connectivity index (χ1n) is 11.4. The number of benzene rings is 1. The summed E-state index contributed by atoms with van der Waals surface area (Å²) in [4.78, 5) is 29.4. The number of anilines is 1. The maximum absolute atomic E-state index is 13.2. The van der Waals surface area contributed by atoms with Crippen molar-refractivity contribution in [2.45, 2.75) is 64.5 Å². The number of carbonyl (C=O) groups excluding carboxylic acids is 2. The smallest absolute Gasteiger partial charge is 0.315 e. The SMILES string of the molecule is CC(C)NC(=O)NC1CCN(c2ccc(C(=O)N3CCC[C@@H]4CCCC=C43)cc2)C1. The third-order valence-electron chi connectivity index (χ3n) is 6.44. The van der Waals surface area contributed by atoms with E-state index in [1.54, 1.807) is 0 Å². The van der Waals surface area contributed by atoms with Crippen LogP contribution in [-0.2, 0) is 0 Å². The van der Waals surface area contributed by atoms with E-state index in [2.05, 4.69) is 21.6 Å². The molecular formula is C24H34N4O2. The van der Waals surface area contributed by atoms with Crippen molar-refractivity contribution in [3.05, 3.63) is 41.6 Å². The van der Waals surface area contributed by atoms with Gasteiger partial charge in [0.2, 0.25) is 0 Å². The normalized spacial score (nSPS) is 23.8. The molecule has 2 atom stereocenters. The van der Waals surface area contributed by atoms with Crippen molar-refractivity contribution >= 4 is 17.6 Å². The van der Waals surface area contributed by atoms with E-state index in [1.807, 2.05) is 43.0 Å². The molecule has 6 heteroatoms. The summed E-state index contributed by atoms with van der Waals surface area (Å²) >= 11 is 0. The highest BCUT2D eigenvalue weighted by Crippen LogP contribution is 2.35. The standard InChI is InChI=1S/C24H34N4O2/c1-17(2)25-24(30)26-20-13-15-27(16-20)21-11-9-19(10-12-21)23(29)28-14-5-7-18-6-3-4-8-22(18)28/h8-12,17-18,20H,3-7,13-16H2,1-2H3,(H2,25,26,30)/t18-,20?/m0/s1. The lowest BCUT2D eigenvalue weighted by Crippen LogP contribution is -2.45. The maximum atomic E-state index is 13.2. The molecule has 1 aromatic carbocycles. The highest BCUT2D eigenvalue weighted by molar-refractivity contribution is 5.95. The fourth-order valence-corrected chi connectivity index (χ4v) is 4.97. The van der Waals surface area contributed by atoms with Gasteiger partial charge in [0.05, 0.1) is 0 Å². The molecule has 2 fully saturated rings. The molecule has 0 bridgehead atoms. The Hall–Kier alpha value is -2.50. The summed E-state index contributed by atoms with van der Waals surface area (Å²) in [6.45, 7) is 6.44. The van der Waals surface area contributed by atoms with Crippen LogP contribution in [0.1, 0.15) is 62.7 Å². The van der Waals surface area contributed by atoms with Crippen LogP contribution in [-0.4, -0.2) is 48.6 Å². The van der Waals surface area contributed by atoms with Crippen LogP contribution in [0.5, 0.6) is 0 Å². The molecule has 1 aliphatic carbocycles. The van der Waals surface area contributed by atoms with Gasteiger partial charge in [0.25, 0.3) is 5.91 Å². The molecule has 3 amide bonds. The number of likely N-dealkylation sites (tertiary alicyclic amines) is 1. The maximum Gasteiger partial charge on any atom is 0.315 e. The molecule has 4 rings (SSSR count). The van der Waals surface area contributed by atoms with Gasteiger partial charge in [-0.2, -0.15) is 0 Å². The Morgan fingerprint density at radius 3 is 2.57 bits per heavy atom. The number of urea groups is 1. The summed E-state index contributed by atoms with van der Waals surface area (Å²) in [6.07, 6.45) is 9.08. The molecule has 0 spiro atoms. The van der Waals surface area contributed by atoms with E-state index >= 15 is 0 Å². The molecule has 0 saturated carbocycles. The van der Waals surface area contributed by atoms with E-state index in [4.69, 9.17) is 0 Å². The predicted octanol–water partition coefficient (Wildman–Crippen LogP) is 3.89. The van der Waals surface area contributed by atoms with Gasteiger partial charge in [-0.3, -0.25) is 4.79 Å². The third kappa shape index (κ3) is 4.63. The average Bonchev–Trinajstić information content (AvgIpc) is 3.20. The number of piperidine rings is 1. The topological polar surface area (TPSA) is 64.7 Å². The van der Waals surface area contributed by atoms with Crippen molar-refractivity contribution in [3.63, 3.8) is 0 Å². The summed E-state index contributed by atoms with van der Waals surface area (Å²) in [5.41, 5.74) is 3.12. The number of nitrogens with zero attached hydrogens (tertiary/aromatic N) is 2. The van der Waals surface area contributed by atoms with E-state index in [0.717, 1.165) is 50.1 Å². The second-order valence-corrected chi connectivity index (χ2v) is 9.11. The second kappa shape index (κ2) is 9.11. The Labute approximate surface area is 179 Å². The van der Waals surface area contributed by atoms with Gasteiger partial charge in [0.15, 0.2) is 0 Å². The van der Waals surface area contributed by atoms with Crippen molar-refractivity contribution in [1.29, 1.82) is 0 Å². The van der Waals surface area contributed by atoms with Gasteiger partial charge in [0, 0.05) is 48.7 Å². The lowest BCUT2D eigenvalue weighted by molar-refractivity contribution is 0.0749. The minimum atomic E-state index is -0.102. The first-order chi connectivity index (χ1) is 14.5. The highest BCUT2D eigenvalue weighted by atomic mass is 16.2. The number of carbonyl (C=O) groups is 2. The van der Waals surface area contributed by atoms with Gasteiger partial charge in [-0.1, -0.05) is 6.08 Å². The molecule has 2 heterocycles. The van der Waals surface area contributed by atoms with Crippen molar-refractivity contribution in [3.8, 4) is 0 Å². The van der Waals surface area contributed by atoms with Crippen LogP contribution in [0.15, 0.2) is 36.0 Å². The summed E-state index contributed by atoms with van der Waals surface area (Å²) in [7, 11) is 0. The quantitative estimate of drug-likeness (QED) is 0.791. The minimum Gasteiger partial charge on any atom is -0.369 e. The fraction of sp³-hybridized carbons (Fsp3) is 0.583. The van der Waals surface area contributed by atoms with Crippen LogP contribution in [0, 0.1) is 5.92 Å².